The normalized spacial score (nSPS) is 11.0. The number of nitrogens with zero attached hydrogens (tertiary/aromatic N) is 2. The number of aromatic nitrogens is 1. The molecule has 2 nitrogen and oxygen atoms in total. The summed E-state index contributed by atoms with van der Waals surface area (Å²) >= 11 is 0. The number of fused-ring (bicyclic) bond motifs is 1. The third-order valence-corrected chi connectivity index (χ3v) is 2.32. The molecule has 0 aliphatic carbocycles. The maximum absolute atomic E-state index is 4.33. The van der Waals surface area contributed by atoms with Crippen LogP contribution in [0.2, 0.25) is 0 Å². The van der Waals surface area contributed by atoms with E-state index in [2.05, 4.69) is 22.6 Å². The fourth-order valence-electron chi connectivity index (χ4n) is 1.63. The fraction of sp³-hybridized carbons (Fsp3) is 0.0769. The van der Waals surface area contributed by atoms with Crippen LogP contribution in [-0.4, -0.2) is 18.2 Å². The topological polar surface area (TPSA) is 25.2 Å². The highest BCUT2D eigenvalue weighted by molar-refractivity contribution is 6.01. The molecule has 0 amide bonds. The van der Waals surface area contributed by atoms with Crippen molar-refractivity contribution < 1.29 is 0 Å². The van der Waals surface area contributed by atoms with E-state index in [-0.39, 0.29) is 0 Å². The lowest BCUT2D eigenvalue weighted by atomic mass is 10.1. The van der Waals surface area contributed by atoms with Crippen LogP contribution in [0.3, 0.4) is 0 Å². The van der Waals surface area contributed by atoms with Gasteiger partial charge in [-0.3, -0.25) is 9.98 Å². The van der Waals surface area contributed by atoms with E-state index in [9.17, 15) is 0 Å². The first kappa shape index (κ1) is 9.59. The molecule has 0 unspecified atom stereocenters. The predicted molar refractivity (Wildman–Crippen MR) is 65.4 cm³/mol. The second-order valence-electron chi connectivity index (χ2n) is 3.24. The Morgan fingerprint density at radius 2 is 2.13 bits per heavy atom. The van der Waals surface area contributed by atoms with Gasteiger partial charge in [0.1, 0.15) is 0 Å². The summed E-state index contributed by atoms with van der Waals surface area (Å²) in [6, 6.07) is 8.13. The summed E-state index contributed by atoms with van der Waals surface area (Å²) in [7, 11) is 1.76. The van der Waals surface area contributed by atoms with Crippen LogP contribution in [0, 0.1) is 0 Å². The number of rotatable bonds is 2. The Labute approximate surface area is 89.0 Å². The first-order valence-corrected chi connectivity index (χ1v) is 4.79. The predicted octanol–water partition coefficient (Wildman–Crippen LogP) is 2.93. The summed E-state index contributed by atoms with van der Waals surface area (Å²) in [6.45, 7) is 3.76. The van der Waals surface area contributed by atoms with Gasteiger partial charge in [-0.2, -0.15) is 0 Å². The van der Waals surface area contributed by atoms with E-state index in [1.165, 1.54) is 0 Å². The van der Waals surface area contributed by atoms with Crippen LogP contribution in [0.25, 0.3) is 16.8 Å². The van der Waals surface area contributed by atoms with Gasteiger partial charge in [0.25, 0.3) is 0 Å². The summed E-state index contributed by atoms with van der Waals surface area (Å²) in [5.41, 5.74) is 1.91. The van der Waals surface area contributed by atoms with Crippen LogP contribution in [-0.2, 0) is 0 Å². The SMILES string of the molecule is C=Cc1ncc2ccccc2c1C=NC. The number of pyridine rings is 1. The molecule has 0 radical (unpaired) electrons. The van der Waals surface area contributed by atoms with Crippen molar-refractivity contribution in [2.75, 3.05) is 7.05 Å². The Balaban J connectivity index is 2.84. The van der Waals surface area contributed by atoms with Gasteiger partial charge in [-0.05, 0) is 11.5 Å². The van der Waals surface area contributed by atoms with E-state index >= 15 is 0 Å². The van der Waals surface area contributed by atoms with Gasteiger partial charge in [0.2, 0.25) is 0 Å². The highest BCUT2D eigenvalue weighted by Crippen LogP contribution is 2.19. The molecule has 0 saturated heterocycles. The summed E-state index contributed by atoms with van der Waals surface area (Å²) in [5.74, 6) is 0. The molecule has 0 bridgehead atoms. The lowest BCUT2D eigenvalue weighted by molar-refractivity contribution is 1.31. The molecule has 0 saturated carbocycles. The van der Waals surface area contributed by atoms with Crippen molar-refractivity contribution in [1.29, 1.82) is 0 Å². The maximum atomic E-state index is 4.33. The van der Waals surface area contributed by atoms with Crippen molar-refractivity contribution in [3.05, 3.63) is 48.3 Å². The van der Waals surface area contributed by atoms with Gasteiger partial charge in [0.15, 0.2) is 0 Å². The van der Waals surface area contributed by atoms with Crippen LogP contribution in [0.1, 0.15) is 11.3 Å². The van der Waals surface area contributed by atoms with E-state index in [4.69, 9.17) is 0 Å². The second kappa shape index (κ2) is 4.05. The Hall–Kier alpha value is -1.96. The zero-order valence-electron chi connectivity index (χ0n) is 8.64. The third kappa shape index (κ3) is 1.66. The molecule has 2 aromatic rings. The zero-order chi connectivity index (χ0) is 10.7. The molecule has 0 spiro atoms. The van der Waals surface area contributed by atoms with E-state index in [0.717, 1.165) is 22.0 Å². The van der Waals surface area contributed by atoms with E-state index in [1.807, 2.05) is 30.6 Å². The zero-order valence-corrected chi connectivity index (χ0v) is 8.64. The van der Waals surface area contributed by atoms with E-state index in [0.29, 0.717) is 0 Å². The minimum Gasteiger partial charge on any atom is -0.296 e. The molecule has 1 aromatic heterocycles. The number of hydrogen-bond donors (Lipinski definition) is 0. The quantitative estimate of drug-likeness (QED) is 0.678. The van der Waals surface area contributed by atoms with Crippen LogP contribution in [0.15, 0.2) is 42.0 Å². The van der Waals surface area contributed by atoms with Gasteiger partial charge in [-0.15, -0.1) is 0 Å². The van der Waals surface area contributed by atoms with Crippen molar-refractivity contribution >= 4 is 23.1 Å². The van der Waals surface area contributed by atoms with Crippen LogP contribution in [0.5, 0.6) is 0 Å². The molecule has 1 aromatic carbocycles. The van der Waals surface area contributed by atoms with Crippen molar-refractivity contribution in [2.24, 2.45) is 4.99 Å². The van der Waals surface area contributed by atoms with Gasteiger partial charge in [-0.1, -0.05) is 30.8 Å². The minimum atomic E-state index is 0.874. The molecule has 0 atom stereocenters. The highest BCUT2D eigenvalue weighted by Gasteiger charge is 2.03. The third-order valence-electron chi connectivity index (χ3n) is 2.32. The lowest BCUT2D eigenvalue weighted by Crippen LogP contribution is -1.93. The standard InChI is InChI=1S/C13H12N2/c1-3-13-12(9-14-2)11-7-5-4-6-10(11)8-15-13/h3-9H,1H2,2H3. The average Bonchev–Trinajstić information content (AvgIpc) is 2.30. The first-order chi connectivity index (χ1) is 7.36. The molecule has 0 aliphatic rings. The molecule has 2 rings (SSSR count). The molecule has 0 aliphatic heterocycles. The van der Waals surface area contributed by atoms with Crippen molar-refractivity contribution in [1.82, 2.24) is 4.98 Å². The van der Waals surface area contributed by atoms with E-state index in [1.54, 1.807) is 13.1 Å². The molecule has 0 fully saturated rings. The van der Waals surface area contributed by atoms with Crippen molar-refractivity contribution in [3.63, 3.8) is 0 Å². The molecule has 2 heteroatoms. The fourth-order valence-corrected chi connectivity index (χ4v) is 1.63. The maximum Gasteiger partial charge on any atom is 0.0717 e. The molecule has 1 heterocycles. The summed E-state index contributed by atoms with van der Waals surface area (Å²) in [5, 5.41) is 2.28. The molecular weight excluding hydrogens is 184 g/mol. The van der Waals surface area contributed by atoms with Gasteiger partial charge in [-0.25, -0.2) is 0 Å². The number of aliphatic imine (C=N–C) groups is 1. The van der Waals surface area contributed by atoms with Gasteiger partial charge in [0.05, 0.1) is 5.69 Å². The summed E-state index contributed by atoms with van der Waals surface area (Å²) in [6.07, 6.45) is 5.44. The molecular formula is C13H12N2. The van der Waals surface area contributed by atoms with Crippen LogP contribution >= 0.6 is 0 Å². The van der Waals surface area contributed by atoms with Crippen LogP contribution in [0.4, 0.5) is 0 Å². The van der Waals surface area contributed by atoms with Crippen molar-refractivity contribution in [2.45, 2.75) is 0 Å². The van der Waals surface area contributed by atoms with Gasteiger partial charge >= 0.3 is 0 Å². The average molecular weight is 196 g/mol. The smallest absolute Gasteiger partial charge is 0.0717 e. The Morgan fingerprint density at radius 3 is 2.87 bits per heavy atom. The van der Waals surface area contributed by atoms with E-state index < -0.39 is 0 Å². The van der Waals surface area contributed by atoms with Crippen LogP contribution < -0.4 is 0 Å². The molecule has 15 heavy (non-hydrogen) atoms. The van der Waals surface area contributed by atoms with Crippen molar-refractivity contribution in [3.8, 4) is 0 Å². The lowest BCUT2D eigenvalue weighted by Gasteiger charge is -2.04. The minimum absolute atomic E-state index is 0.874. The number of hydrogen-bond acceptors (Lipinski definition) is 2. The van der Waals surface area contributed by atoms with Gasteiger partial charge in [0, 0.05) is 30.4 Å². The van der Waals surface area contributed by atoms with Gasteiger partial charge < -0.3 is 0 Å². The largest absolute Gasteiger partial charge is 0.296 e. The summed E-state index contributed by atoms with van der Waals surface area (Å²) in [4.78, 5) is 8.39. The Morgan fingerprint density at radius 1 is 1.33 bits per heavy atom. The monoisotopic (exact) mass is 196 g/mol. The Bertz CT molecular complexity index is 527. The second-order valence-corrected chi connectivity index (χ2v) is 3.24. The molecule has 0 N–H and O–H groups in total. The number of benzene rings is 1. The Kier molecular flexibility index (Phi) is 2.59. The summed E-state index contributed by atoms with van der Waals surface area (Å²) < 4.78 is 0. The first-order valence-electron chi connectivity index (χ1n) is 4.79. The molecule has 74 valence electrons. The highest BCUT2D eigenvalue weighted by atomic mass is 14.7.